The Labute approximate surface area is 75.3 Å². The minimum Gasteiger partial charge on any atom is -0.259 e. The van der Waals surface area contributed by atoms with Gasteiger partial charge in [-0.25, -0.2) is 0 Å². The van der Waals surface area contributed by atoms with Crippen molar-refractivity contribution in [3.05, 3.63) is 46.1 Å². The van der Waals surface area contributed by atoms with Crippen LogP contribution in [-0.2, 0) is 0 Å². The van der Waals surface area contributed by atoms with Crippen molar-refractivity contribution in [2.45, 2.75) is 4.90 Å². The molecule has 0 radical (unpaired) electrons. The first-order valence-electron chi connectivity index (χ1n) is 3.29. The van der Waals surface area contributed by atoms with Gasteiger partial charge in [0.2, 0.25) is 6.20 Å². The fraction of sp³-hybridized carbons (Fsp3) is 0. The van der Waals surface area contributed by atoms with E-state index in [0.29, 0.717) is 0 Å². The molecule has 0 fully saturated rings. The monoisotopic (exact) mass is 181 g/mol. The third kappa shape index (κ3) is 2.75. The molecule has 0 heterocycles. The quantitative estimate of drug-likeness (QED) is 0.432. The van der Waals surface area contributed by atoms with Crippen molar-refractivity contribution in [1.82, 2.24) is 0 Å². The summed E-state index contributed by atoms with van der Waals surface area (Å²) in [7, 11) is 0. The lowest BCUT2D eigenvalue weighted by Crippen LogP contribution is -1.81. The zero-order valence-corrected chi connectivity index (χ0v) is 7.07. The third-order valence-corrected chi connectivity index (χ3v) is 1.58. The highest BCUT2D eigenvalue weighted by atomic mass is 32.1. The van der Waals surface area contributed by atoms with Gasteiger partial charge in [0, 0.05) is 11.0 Å². The number of nitrogens with zero attached hydrogens (tertiary/aromatic N) is 1. The molecular formula is C8H7NO2S. The summed E-state index contributed by atoms with van der Waals surface area (Å²) in [5.74, 6) is 0. The Morgan fingerprint density at radius 3 is 2.42 bits per heavy atom. The van der Waals surface area contributed by atoms with Crippen molar-refractivity contribution in [3.63, 3.8) is 0 Å². The van der Waals surface area contributed by atoms with E-state index in [1.54, 1.807) is 24.3 Å². The maximum atomic E-state index is 9.94. The second-order valence-electron chi connectivity index (χ2n) is 2.19. The normalized spacial score (nSPS) is 10.4. The Morgan fingerprint density at radius 1 is 1.33 bits per heavy atom. The van der Waals surface area contributed by atoms with Crippen LogP contribution in [0.1, 0.15) is 5.56 Å². The Balaban J connectivity index is 2.77. The molecule has 0 atom stereocenters. The molecular weight excluding hydrogens is 174 g/mol. The number of hydrogen-bond acceptors (Lipinski definition) is 3. The van der Waals surface area contributed by atoms with Crippen molar-refractivity contribution in [2.75, 3.05) is 0 Å². The Bertz CT molecular complexity index is 305. The summed E-state index contributed by atoms with van der Waals surface area (Å²) in [6, 6.07) is 7.09. The van der Waals surface area contributed by atoms with E-state index < -0.39 is 4.92 Å². The van der Waals surface area contributed by atoms with E-state index in [2.05, 4.69) is 12.6 Å². The Hall–Kier alpha value is -1.29. The third-order valence-electron chi connectivity index (χ3n) is 1.28. The van der Waals surface area contributed by atoms with Gasteiger partial charge < -0.3 is 0 Å². The van der Waals surface area contributed by atoms with Crippen LogP contribution >= 0.6 is 12.6 Å². The Kier molecular flexibility index (Phi) is 2.88. The zero-order valence-electron chi connectivity index (χ0n) is 6.18. The van der Waals surface area contributed by atoms with Gasteiger partial charge in [-0.2, -0.15) is 0 Å². The number of nitro groups is 1. The van der Waals surface area contributed by atoms with Crippen LogP contribution in [0.2, 0.25) is 0 Å². The fourth-order valence-electron chi connectivity index (χ4n) is 0.732. The van der Waals surface area contributed by atoms with Gasteiger partial charge in [-0.3, -0.25) is 10.1 Å². The van der Waals surface area contributed by atoms with Gasteiger partial charge in [0.05, 0.1) is 4.92 Å². The Morgan fingerprint density at radius 2 is 1.92 bits per heavy atom. The minimum atomic E-state index is -0.491. The number of benzene rings is 1. The van der Waals surface area contributed by atoms with Crippen LogP contribution in [0.15, 0.2) is 35.4 Å². The summed E-state index contributed by atoms with van der Waals surface area (Å²) in [4.78, 5) is 10.3. The van der Waals surface area contributed by atoms with Crippen molar-refractivity contribution in [1.29, 1.82) is 0 Å². The molecule has 1 aromatic rings. The molecule has 0 aliphatic heterocycles. The van der Waals surface area contributed by atoms with Crippen LogP contribution in [0.25, 0.3) is 6.08 Å². The van der Waals surface area contributed by atoms with Crippen molar-refractivity contribution in [2.24, 2.45) is 0 Å². The van der Waals surface area contributed by atoms with Gasteiger partial charge in [-0.15, -0.1) is 12.6 Å². The highest BCUT2D eigenvalue weighted by molar-refractivity contribution is 7.80. The molecule has 0 aliphatic rings. The van der Waals surface area contributed by atoms with Crippen LogP contribution in [0, 0.1) is 10.1 Å². The molecule has 0 aliphatic carbocycles. The average molecular weight is 181 g/mol. The maximum absolute atomic E-state index is 9.94. The molecule has 0 aromatic heterocycles. The lowest BCUT2D eigenvalue weighted by atomic mass is 10.2. The SMILES string of the molecule is O=[N+]([O-])/C=C/c1ccc(S)cc1. The first-order chi connectivity index (χ1) is 5.68. The molecule has 0 saturated heterocycles. The van der Waals surface area contributed by atoms with Gasteiger partial charge in [0.25, 0.3) is 0 Å². The van der Waals surface area contributed by atoms with Crippen LogP contribution in [-0.4, -0.2) is 4.92 Å². The smallest absolute Gasteiger partial charge is 0.235 e. The average Bonchev–Trinajstić information content (AvgIpc) is 2.03. The predicted octanol–water partition coefficient (Wildman–Crippen LogP) is 2.22. The zero-order chi connectivity index (χ0) is 8.97. The van der Waals surface area contributed by atoms with Gasteiger partial charge in [0.1, 0.15) is 0 Å². The van der Waals surface area contributed by atoms with Gasteiger partial charge in [-0.05, 0) is 17.7 Å². The van der Waals surface area contributed by atoms with Gasteiger partial charge in [-0.1, -0.05) is 12.1 Å². The number of hydrogen-bond donors (Lipinski definition) is 1. The van der Waals surface area contributed by atoms with Gasteiger partial charge in [0.15, 0.2) is 0 Å². The number of rotatable bonds is 2. The summed E-state index contributed by atoms with van der Waals surface area (Å²) in [6.07, 6.45) is 2.35. The molecule has 62 valence electrons. The summed E-state index contributed by atoms with van der Waals surface area (Å²) in [6.45, 7) is 0. The molecule has 12 heavy (non-hydrogen) atoms. The maximum Gasteiger partial charge on any atom is 0.235 e. The van der Waals surface area contributed by atoms with E-state index in [-0.39, 0.29) is 0 Å². The molecule has 0 N–H and O–H groups in total. The van der Waals surface area contributed by atoms with E-state index in [9.17, 15) is 10.1 Å². The molecule has 0 saturated carbocycles. The second kappa shape index (κ2) is 3.92. The van der Waals surface area contributed by atoms with E-state index in [1.165, 1.54) is 6.08 Å². The van der Waals surface area contributed by atoms with Crippen LogP contribution in [0.5, 0.6) is 0 Å². The van der Waals surface area contributed by atoms with Crippen LogP contribution in [0.4, 0.5) is 0 Å². The van der Waals surface area contributed by atoms with Crippen LogP contribution in [0.3, 0.4) is 0 Å². The summed E-state index contributed by atoms with van der Waals surface area (Å²) in [5, 5.41) is 9.94. The van der Waals surface area contributed by atoms with E-state index in [1.807, 2.05) is 0 Å². The van der Waals surface area contributed by atoms with E-state index in [4.69, 9.17) is 0 Å². The fourth-order valence-corrected chi connectivity index (χ4v) is 0.881. The molecule has 0 spiro atoms. The molecule has 1 rings (SSSR count). The molecule has 3 nitrogen and oxygen atoms in total. The molecule has 0 unspecified atom stereocenters. The first-order valence-corrected chi connectivity index (χ1v) is 3.74. The van der Waals surface area contributed by atoms with E-state index >= 15 is 0 Å². The predicted molar refractivity (Wildman–Crippen MR) is 49.7 cm³/mol. The summed E-state index contributed by atoms with van der Waals surface area (Å²) in [5.41, 5.74) is 0.796. The van der Waals surface area contributed by atoms with Crippen molar-refractivity contribution >= 4 is 18.7 Å². The topological polar surface area (TPSA) is 43.1 Å². The van der Waals surface area contributed by atoms with Gasteiger partial charge >= 0.3 is 0 Å². The lowest BCUT2D eigenvalue weighted by Gasteiger charge is -1.91. The van der Waals surface area contributed by atoms with Crippen molar-refractivity contribution in [3.8, 4) is 0 Å². The first kappa shape index (κ1) is 8.80. The highest BCUT2D eigenvalue weighted by Gasteiger charge is 1.89. The molecule has 0 bridgehead atoms. The summed E-state index contributed by atoms with van der Waals surface area (Å²) < 4.78 is 0. The molecule has 1 aromatic carbocycles. The largest absolute Gasteiger partial charge is 0.259 e. The molecule has 0 amide bonds. The number of thiol groups is 1. The summed E-state index contributed by atoms with van der Waals surface area (Å²) >= 11 is 4.08. The molecule has 4 heteroatoms. The standard InChI is InChI=1S/C8H7NO2S/c10-9(11)6-5-7-1-3-8(12)4-2-7/h1-6,12H/b6-5+. The van der Waals surface area contributed by atoms with Crippen LogP contribution < -0.4 is 0 Å². The minimum absolute atomic E-state index is 0.491. The lowest BCUT2D eigenvalue weighted by molar-refractivity contribution is -0.400. The van der Waals surface area contributed by atoms with E-state index in [0.717, 1.165) is 16.7 Å². The second-order valence-corrected chi connectivity index (χ2v) is 2.71. The highest BCUT2D eigenvalue weighted by Crippen LogP contribution is 2.08. The van der Waals surface area contributed by atoms with Crippen molar-refractivity contribution < 1.29 is 4.92 Å².